The van der Waals surface area contributed by atoms with E-state index < -0.39 is 0 Å². The Morgan fingerprint density at radius 3 is 2.05 bits per heavy atom. The minimum atomic E-state index is 0.314. The zero-order chi connectivity index (χ0) is 14.2. The Morgan fingerprint density at radius 2 is 1.29 bits per heavy atom. The van der Waals surface area contributed by atoms with Gasteiger partial charge in [-0.2, -0.15) is 0 Å². The third-order valence-electron chi connectivity index (χ3n) is 4.32. The Balaban J connectivity index is 1.84. The first-order valence-corrected chi connectivity index (χ1v) is 7.28. The van der Waals surface area contributed by atoms with Gasteiger partial charge in [0, 0.05) is 0 Å². The van der Waals surface area contributed by atoms with Crippen LogP contribution in [-0.4, -0.2) is 5.11 Å². The van der Waals surface area contributed by atoms with Crippen molar-refractivity contribution >= 4 is 0 Å². The van der Waals surface area contributed by atoms with Crippen molar-refractivity contribution in [2.24, 2.45) is 0 Å². The molecule has 1 aliphatic carbocycles. The van der Waals surface area contributed by atoms with Crippen molar-refractivity contribution < 1.29 is 5.11 Å². The number of phenols is 1. The van der Waals surface area contributed by atoms with Gasteiger partial charge in [-0.15, -0.1) is 0 Å². The second-order valence-electron chi connectivity index (χ2n) is 5.61. The first-order valence-electron chi connectivity index (χ1n) is 7.28. The van der Waals surface area contributed by atoms with Crippen LogP contribution in [0.3, 0.4) is 0 Å². The molecule has 0 atom stereocenters. The highest BCUT2D eigenvalue weighted by Crippen LogP contribution is 2.34. The predicted molar refractivity (Wildman–Crippen MR) is 85.6 cm³/mol. The van der Waals surface area contributed by atoms with Crippen LogP contribution in [0, 0.1) is 0 Å². The van der Waals surface area contributed by atoms with E-state index in [1.54, 1.807) is 12.1 Å². The summed E-state index contributed by atoms with van der Waals surface area (Å²) in [7, 11) is 0. The molecule has 0 fully saturated rings. The molecule has 0 radical (unpaired) electrons. The van der Waals surface area contributed by atoms with Gasteiger partial charge in [0.1, 0.15) is 5.75 Å². The summed E-state index contributed by atoms with van der Waals surface area (Å²) in [4.78, 5) is 0. The van der Waals surface area contributed by atoms with Crippen molar-refractivity contribution in [1.82, 2.24) is 0 Å². The maximum atomic E-state index is 9.47. The molecule has 0 amide bonds. The van der Waals surface area contributed by atoms with E-state index in [0.29, 0.717) is 5.75 Å². The molecule has 0 aromatic heterocycles. The molecule has 0 aliphatic heterocycles. The summed E-state index contributed by atoms with van der Waals surface area (Å²) in [5.74, 6) is 0.314. The van der Waals surface area contributed by atoms with Gasteiger partial charge >= 0.3 is 0 Å². The Kier molecular flexibility index (Phi) is 2.78. The molecule has 0 bridgehead atoms. The molecule has 0 saturated carbocycles. The van der Waals surface area contributed by atoms with Crippen molar-refractivity contribution in [3.8, 4) is 16.9 Å². The Bertz CT molecular complexity index is 800. The van der Waals surface area contributed by atoms with Crippen molar-refractivity contribution in [2.75, 3.05) is 0 Å². The van der Waals surface area contributed by atoms with E-state index in [-0.39, 0.29) is 0 Å². The van der Waals surface area contributed by atoms with Gasteiger partial charge in [0.2, 0.25) is 0 Å². The van der Waals surface area contributed by atoms with Crippen LogP contribution in [0.4, 0.5) is 0 Å². The molecule has 1 aliphatic rings. The average molecular weight is 272 g/mol. The highest BCUT2D eigenvalue weighted by atomic mass is 16.3. The van der Waals surface area contributed by atoms with E-state index in [4.69, 9.17) is 0 Å². The van der Waals surface area contributed by atoms with Crippen LogP contribution in [0.5, 0.6) is 5.75 Å². The van der Waals surface area contributed by atoms with Crippen LogP contribution in [0.1, 0.15) is 22.3 Å². The summed E-state index contributed by atoms with van der Waals surface area (Å²) in [6, 6.07) is 22.7. The minimum Gasteiger partial charge on any atom is -0.508 e. The molecule has 1 N–H and O–H groups in total. The summed E-state index contributed by atoms with van der Waals surface area (Å²) >= 11 is 0. The molecule has 3 aromatic rings. The van der Waals surface area contributed by atoms with Crippen LogP contribution < -0.4 is 0 Å². The number of hydrogen-bond acceptors (Lipinski definition) is 1. The number of benzene rings is 3. The van der Waals surface area contributed by atoms with Gasteiger partial charge in [-0.05, 0) is 58.4 Å². The SMILES string of the molecule is Oc1ccc(-c2cccc3c2Cc2ccccc2C3)cc1. The van der Waals surface area contributed by atoms with Crippen molar-refractivity contribution in [2.45, 2.75) is 12.8 Å². The van der Waals surface area contributed by atoms with Gasteiger partial charge in [-0.3, -0.25) is 0 Å². The molecule has 3 aromatic carbocycles. The first kappa shape index (κ1) is 12.2. The molecule has 0 heterocycles. The predicted octanol–water partition coefficient (Wildman–Crippen LogP) is 4.55. The fourth-order valence-corrected chi connectivity index (χ4v) is 3.22. The van der Waals surface area contributed by atoms with E-state index in [9.17, 15) is 5.11 Å². The minimum absolute atomic E-state index is 0.314. The van der Waals surface area contributed by atoms with Gasteiger partial charge in [0.05, 0.1) is 0 Å². The second kappa shape index (κ2) is 4.78. The Hall–Kier alpha value is -2.54. The molecule has 21 heavy (non-hydrogen) atoms. The Morgan fingerprint density at radius 1 is 0.619 bits per heavy atom. The van der Waals surface area contributed by atoms with Gasteiger partial charge in [0.25, 0.3) is 0 Å². The number of fused-ring (bicyclic) bond motifs is 2. The normalized spacial score (nSPS) is 12.6. The highest BCUT2D eigenvalue weighted by Gasteiger charge is 2.17. The summed E-state index contributed by atoms with van der Waals surface area (Å²) in [5, 5.41) is 9.47. The number of rotatable bonds is 1. The molecule has 1 heteroatoms. The maximum absolute atomic E-state index is 9.47. The summed E-state index contributed by atoms with van der Waals surface area (Å²) in [6.07, 6.45) is 2.00. The van der Waals surface area contributed by atoms with Crippen LogP contribution in [0.15, 0.2) is 66.7 Å². The average Bonchev–Trinajstić information content (AvgIpc) is 2.53. The zero-order valence-electron chi connectivity index (χ0n) is 11.7. The van der Waals surface area contributed by atoms with Crippen LogP contribution in [0.25, 0.3) is 11.1 Å². The summed E-state index contributed by atoms with van der Waals surface area (Å²) in [6.45, 7) is 0. The fraction of sp³-hybridized carbons (Fsp3) is 0.100. The van der Waals surface area contributed by atoms with Crippen molar-refractivity contribution in [3.63, 3.8) is 0 Å². The lowest BCUT2D eigenvalue weighted by atomic mass is 9.82. The first-order chi connectivity index (χ1) is 10.3. The van der Waals surface area contributed by atoms with E-state index >= 15 is 0 Å². The van der Waals surface area contributed by atoms with E-state index in [1.165, 1.54) is 33.4 Å². The molecular formula is C20H16O. The monoisotopic (exact) mass is 272 g/mol. The third-order valence-corrected chi connectivity index (χ3v) is 4.32. The number of phenolic OH excluding ortho intramolecular Hbond substituents is 1. The summed E-state index contributed by atoms with van der Waals surface area (Å²) in [5.41, 5.74) is 8.15. The van der Waals surface area contributed by atoms with E-state index in [0.717, 1.165) is 12.8 Å². The molecule has 102 valence electrons. The van der Waals surface area contributed by atoms with Crippen LogP contribution in [-0.2, 0) is 12.8 Å². The molecule has 0 saturated heterocycles. The number of hydrogen-bond donors (Lipinski definition) is 1. The van der Waals surface area contributed by atoms with Crippen LogP contribution in [0.2, 0.25) is 0 Å². The van der Waals surface area contributed by atoms with Gasteiger partial charge in [-0.25, -0.2) is 0 Å². The lowest BCUT2D eigenvalue weighted by molar-refractivity contribution is 0.475. The number of aromatic hydroxyl groups is 1. The standard InChI is InChI=1S/C20H16O/c21-18-10-8-14(9-11-18)19-7-3-6-17-12-15-4-1-2-5-16(15)13-20(17)19/h1-11,21H,12-13H2. The molecule has 4 rings (SSSR count). The molecular weight excluding hydrogens is 256 g/mol. The van der Waals surface area contributed by atoms with Gasteiger partial charge in [-0.1, -0.05) is 54.6 Å². The lowest BCUT2D eigenvalue weighted by Crippen LogP contribution is -2.08. The zero-order valence-corrected chi connectivity index (χ0v) is 11.7. The smallest absolute Gasteiger partial charge is 0.115 e. The summed E-state index contributed by atoms with van der Waals surface area (Å²) < 4.78 is 0. The highest BCUT2D eigenvalue weighted by molar-refractivity contribution is 5.71. The van der Waals surface area contributed by atoms with Crippen molar-refractivity contribution in [1.29, 1.82) is 0 Å². The van der Waals surface area contributed by atoms with E-state index in [1.807, 2.05) is 12.1 Å². The largest absolute Gasteiger partial charge is 0.508 e. The topological polar surface area (TPSA) is 20.2 Å². The quantitative estimate of drug-likeness (QED) is 0.539. The van der Waals surface area contributed by atoms with Gasteiger partial charge in [0.15, 0.2) is 0 Å². The third kappa shape index (κ3) is 2.11. The molecule has 0 spiro atoms. The van der Waals surface area contributed by atoms with Gasteiger partial charge < -0.3 is 5.11 Å². The van der Waals surface area contributed by atoms with E-state index in [2.05, 4.69) is 42.5 Å². The van der Waals surface area contributed by atoms with Crippen molar-refractivity contribution in [3.05, 3.63) is 89.0 Å². The molecule has 0 unspecified atom stereocenters. The van der Waals surface area contributed by atoms with Crippen LogP contribution >= 0.6 is 0 Å². The maximum Gasteiger partial charge on any atom is 0.115 e. The second-order valence-corrected chi connectivity index (χ2v) is 5.61. The molecule has 1 nitrogen and oxygen atoms in total. The fourth-order valence-electron chi connectivity index (χ4n) is 3.22. The Labute approximate surface area is 124 Å². The lowest BCUT2D eigenvalue weighted by Gasteiger charge is -2.22.